The Kier molecular flexibility index (Phi) is 7.70. The fraction of sp³-hybridized carbons (Fsp3) is 0.533. The van der Waals surface area contributed by atoms with E-state index in [1.54, 1.807) is 0 Å². The smallest absolute Gasteiger partial charge is 0.256 e. The second-order valence-electron chi connectivity index (χ2n) is 10.7. The van der Waals surface area contributed by atoms with Gasteiger partial charge in [-0.05, 0) is 74.6 Å². The molecule has 35 heavy (non-hydrogen) atoms. The van der Waals surface area contributed by atoms with E-state index < -0.39 is 0 Å². The first kappa shape index (κ1) is 23.9. The van der Waals surface area contributed by atoms with Crippen molar-refractivity contribution in [1.29, 1.82) is 0 Å². The van der Waals surface area contributed by atoms with Crippen molar-refractivity contribution in [1.82, 2.24) is 4.90 Å². The molecule has 5 rings (SSSR count). The van der Waals surface area contributed by atoms with E-state index in [1.165, 1.54) is 12.0 Å². The maximum absolute atomic E-state index is 13.5. The minimum Gasteiger partial charge on any atom is -0.371 e. The van der Waals surface area contributed by atoms with Gasteiger partial charge in [-0.1, -0.05) is 49.6 Å². The summed E-state index contributed by atoms with van der Waals surface area (Å²) in [6, 6.07) is 16.8. The maximum atomic E-state index is 13.5. The fourth-order valence-corrected chi connectivity index (χ4v) is 6.09. The van der Waals surface area contributed by atoms with Gasteiger partial charge in [-0.15, -0.1) is 0 Å². The molecule has 3 aliphatic rings. The molecule has 0 unspecified atom stereocenters. The molecule has 2 heterocycles. The number of piperidine rings is 1. The van der Waals surface area contributed by atoms with Gasteiger partial charge >= 0.3 is 0 Å². The molecule has 2 amide bonds. The number of carbonyl (C=O) groups excluding carboxylic acids is 2. The number of amides is 2. The predicted octanol–water partition coefficient (Wildman–Crippen LogP) is 5.90. The predicted molar refractivity (Wildman–Crippen MR) is 142 cm³/mol. The maximum Gasteiger partial charge on any atom is 0.256 e. The third-order valence-electron chi connectivity index (χ3n) is 8.19. The molecular weight excluding hydrogens is 434 g/mol. The minimum atomic E-state index is 0.102. The summed E-state index contributed by atoms with van der Waals surface area (Å²) in [5, 5.41) is 3.13. The molecule has 2 aliphatic heterocycles. The molecule has 2 aromatic carbocycles. The molecule has 0 bridgehead atoms. The van der Waals surface area contributed by atoms with Crippen LogP contribution in [0, 0.1) is 11.8 Å². The molecule has 5 nitrogen and oxygen atoms in total. The SMILES string of the molecule is O=C(Nc1ccc(N2CCC(Cc3ccccc3)CC2)c(C(=O)N2CCCC2)c1)C1CCCCC1. The van der Waals surface area contributed by atoms with Crippen LogP contribution in [0.5, 0.6) is 0 Å². The van der Waals surface area contributed by atoms with E-state index in [2.05, 4.69) is 46.6 Å². The largest absolute Gasteiger partial charge is 0.371 e. The number of benzene rings is 2. The molecule has 0 atom stereocenters. The van der Waals surface area contributed by atoms with Crippen LogP contribution < -0.4 is 10.2 Å². The Morgan fingerprint density at radius 3 is 2.23 bits per heavy atom. The van der Waals surface area contributed by atoms with Crippen LogP contribution in [0.1, 0.15) is 73.7 Å². The first-order valence-electron chi connectivity index (χ1n) is 13.7. The summed E-state index contributed by atoms with van der Waals surface area (Å²) < 4.78 is 0. The second kappa shape index (κ2) is 11.3. The van der Waals surface area contributed by atoms with Crippen molar-refractivity contribution >= 4 is 23.2 Å². The van der Waals surface area contributed by atoms with Gasteiger partial charge in [0.2, 0.25) is 5.91 Å². The summed E-state index contributed by atoms with van der Waals surface area (Å²) in [4.78, 5) is 30.8. The Morgan fingerprint density at radius 2 is 1.51 bits per heavy atom. The van der Waals surface area contributed by atoms with Gasteiger partial charge in [0.25, 0.3) is 5.91 Å². The summed E-state index contributed by atoms with van der Waals surface area (Å²) in [6.07, 6.45) is 11.0. The van der Waals surface area contributed by atoms with Crippen LogP contribution in [-0.4, -0.2) is 42.9 Å². The Balaban J connectivity index is 1.30. The topological polar surface area (TPSA) is 52.7 Å². The van der Waals surface area contributed by atoms with Crippen molar-refractivity contribution in [3.8, 4) is 0 Å². The van der Waals surface area contributed by atoms with Crippen LogP contribution in [0.2, 0.25) is 0 Å². The Labute approximate surface area is 209 Å². The zero-order valence-electron chi connectivity index (χ0n) is 20.9. The number of nitrogens with zero attached hydrogens (tertiary/aromatic N) is 2. The fourth-order valence-electron chi connectivity index (χ4n) is 6.09. The van der Waals surface area contributed by atoms with Crippen LogP contribution in [-0.2, 0) is 11.2 Å². The summed E-state index contributed by atoms with van der Waals surface area (Å²) in [5.41, 5.74) is 3.94. The lowest BCUT2D eigenvalue weighted by Crippen LogP contribution is -2.37. The van der Waals surface area contributed by atoms with E-state index in [0.717, 1.165) is 101 Å². The second-order valence-corrected chi connectivity index (χ2v) is 10.7. The molecular formula is C30H39N3O2. The molecule has 3 fully saturated rings. The summed E-state index contributed by atoms with van der Waals surface area (Å²) in [6.45, 7) is 3.59. The quantitative estimate of drug-likeness (QED) is 0.568. The van der Waals surface area contributed by atoms with E-state index in [1.807, 2.05) is 17.0 Å². The number of carbonyl (C=O) groups is 2. The van der Waals surface area contributed by atoms with Crippen LogP contribution in [0.4, 0.5) is 11.4 Å². The average molecular weight is 474 g/mol. The van der Waals surface area contributed by atoms with Gasteiger partial charge in [-0.25, -0.2) is 0 Å². The highest BCUT2D eigenvalue weighted by Gasteiger charge is 2.28. The van der Waals surface area contributed by atoms with Crippen LogP contribution in [0.25, 0.3) is 0 Å². The monoisotopic (exact) mass is 473 g/mol. The number of nitrogens with one attached hydrogen (secondary N) is 1. The highest BCUT2D eigenvalue weighted by molar-refractivity contribution is 6.02. The highest BCUT2D eigenvalue weighted by atomic mass is 16.2. The number of rotatable bonds is 6. The van der Waals surface area contributed by atoms with Gasteiger partial charge in [0.1, 0.15) is 0 Å². The Bertz CT molecular complexity index is 1000. The normalized spacial score (nSPS) is 19.7. The van der Waals surface area contributed by atoms with Gasteiger partial charge < -0.3 is 15.1 Å². The lowest BCUT2D eigenvalue weighted by atomic mass is 9.88. The number of anilines is 2. The number of hydrogen-bond donors (Lipinski definition) is 1. The first-order chi connectivity index (χ1) is 17.2. The Morgan fingerprint density at radius 1 is 0.800 bits per heavy atom. The zero-order chi connectivity index (χ0) is 24.0. The van der Waals surface area contributed by atoms with Crippen molar-refractivity contribution < 1.29 is 9.59 Å². The first-order valence-corrected chi connectivity index (χ1v) is 13.7. The van der Waals surface area contributed by atoms with Gasteiger partial charge in [-0.3, -0.25) is 9.59 Å². The standard InChI is InChI=1S/C30H39N3O2/c34-29(25-11-5-2-6-12-25)31-26-13-14-28(27(22-26)30(35)33-17-7-8-18-33)32-19-15-24(16-20-32)21-23-9-3-1-4-10-23/h1,3-4,9-10,13-14,22,24-25H,2,5-8,11-12,15-21H2,(H,31,34). The minimum absolute atomic E-state index is 0.102. The molecule has 0 spiro atoms. The molecule has 0 aromatic heterocycles. The Hall–Kier alpha value is -2.82. The lowest BCUT2D eigenvalue weighted by molar-refractivity contribution is -0.120. The average Bonchev–Trinajstić information content (AvgIpc) is 3.45. The molecule has 5 heteroatoms. The van der Waals surface area contributed by atoms with E-state index >= 15 is 0 Å². The third kappa shape index (κ3) is 5.88. The lowest BCUT2D eigenvalue weighted by Gasteiger charge is -2.35. The van der Waals surface area contributed by atoms with Crippen molar-refractivity contribution in [2.24, 2.45) is 11.8 Å². The van der Waals surface area contributed by atoms with Crippen molar-refractivity contribution in [2.75, 3.05) is 36.4 Å². The summed E-state index contributed by atoms with van der Waals surface area (Å²) >= 11 is 0. The third-order valence-corrected chi connectivity index (χ3v) is 8.19. The molecule has 1 N–H and O–H groups in total. The molecule has 0 radical (unpaired) electrons. The van der Waals surface area contributed by atoms with Gasteiger partial charge in [-0.2, -0.15) is 0 Å². The molecule has 1 saturated carbocycles. The van der Waals surface area contributed by atoms with Gasteiger partial charge in [0.15, 0.2) is 0 Å². The van der Waals surface area contributed by atoms with E-state index in [9.17, 15) is 9.59 Å². The summed E-state index contributed by atoms with van der Waals surface area (Å²) in [7, 11) is 0. The van der Waals surface area contributed by atoms with Crippen molar-refractivity contribution in [3.63, 3.8) is 0 Å². The zero-order valence-corrected chi connectivity index (χ0v) is 20.9. The van der Waals surface area contributed by atoms with E-state index in [4.69, 9.17) is 0 Å². The van der Waals surface area contributed by atoms with E-state index in [0.29, 0.717) is 5.92 Å². The van der Waals surface area contributed by atoms with Crippen LogP contribution >= 0.6 is 0 Å². The van der Waals surface area contributed by atoms with E-state index in [-0.39, 0.29) is 17.7 Å². The highest BCUT2D eigenvalue weighted by Crippen LogP contribution is 2.32. The van der Waals surface area contributed by atoms with Gasteiger partial charge in [0, 0.05) is 43.5 Å². The molecule has 186 valence electrons. The number of hydrogen-bond acceptors (Lipinski definition) is 3. The van der Waals surface area contributed by atoms with Gasteiger partial charge in [0.05, 0.1) is 5.56 Å². The van der Waals surface area contributed by atoms with Crippen LogP contribution in [0.15, 0.2) is 48.5 Å². The van der Waals surface area contributed by atoms with Crippen molar-refractivity contribution in [3.05, 3.63) is 59.7 Å². The van der Waals surface area contributed by atoms with Crippen molar-refractivity contribution in [2.45, 2.75) is 64.2 Å². The molecule has 2 aromatic rings. The molecule has 2 saturated heterocycles. The number of likely N-dealkylation sites (tertiary alicyclic amines) is 1. The summed E-state index contributed by atoms with van der Waals surface area (Å²) in [5.74, 6) is 1.00. The van der Waals surface area contributed by atoms with Crippen LogP contribution in [0.3, 0.4) is 0 Å². The molecule has 1 aliphatic carbocycles.